The Morgan fingerprint density at radius 1 is 1.32 bits per heavy atom. The third kappa shape index (κ3) is 3.62. The molecule has 3 N–H and O–H groups in total. The normalized spacial score (nSPS) is 23.6. The SMILES string of the molecule is Cc1nc(NC2CCC(C(C)C)CC2)c(Br)cc1N. The standard InChI is InChI=1S/C15H24BrN3/c1-9(2)11-4-6-12(7-5-11)19-15-13(16)8-14(17)10(3)18-15/h8-9,11-12H,4-7,17H2,1-3H3,(H,18,19). The number of nitrogens with one attached hydrogen (secondary N) is 1. The molecule has 0 aliphatic heterocycles. The zero-order chi connectivity index (χ0) is 14.0. The summed E-state index contributed by atoms with van der Waals surface area (Å²) in [7, 11) is 0. The molecule has 4 heteroatoms. The van der Waals surface area contributed by atoms with Gasteiger partial charge < -0.3 is 11.1 Å². The molecule has 0 aromatic carbocycles. The molecule has 1 aromatic rings. The number of rotatable bonds is 3. The van der Waals surface area contributed by atoms with Crippen LogP contribution in [0.2, 0.25) is 0 Å². The number of nitrogens with two attached hydrogens (primary N) is 1. The third-order valence-corrected chi connectivity index (χ3v) is 4.87. The van der Waals surface area contributed by atoms with Gasteiger partial charge in [0.15, 0.2) is 0 Å². The Morgan fingerprint density at radius 2 is 1.95 bits per heavy atom. The van der Waals surface area contributed by atoms with E-state index in [4.69, 9.17) is 5.73 Å². The van der Waals surface area contributed by atoms with Crippen molar-refractivity contribution in [3.8, 4) is 0 Å². The zero-order valence-corrected chi connectivity index (χ0v) is 13.6. The lowest BCUT2D eigenvalue weighted by atomic mass is 9.80. The van der Waals surface area contributed by atoms with E-state index in [9.17, 15) is 0 Å². The predicted octanol–water partition coefficient (Wildman–Crippen LogP) is 4.36. The number of halogens is 1. The summed E-state index contributed by atoms with van der Waals surface area (Å²) in [5, 5.41) is 3.56. The fourth-order valence-corrected chi connectivity index (χ4v) is 3.27. The molecule has 0 amide bonds. The van der Waals surface area contributed by atoms with Crippen molar-refractivity contribution in [2.45, 2.75) is 52.5 Å². The van der Waals surface area contributed by atoms with E-state index in [1.54, 1.807) is 0 Å². The smallest absolute Gasteiger partial charge is 0.140 e. The molecule has 0 radical (unpaired) electrons. The number of hydrogen-bond donors (Lipinski definition) is 2. The van der Waals surface area contributed by atoms with Gasteiger partial charge in [0, 0.05) is 6.04 Å². The lowest BCUT2D eigenvalue weighted by Gasteiger charge is -2.31. The van der Waals surface area contributed by atoms with Crippen LogP contribution < -0.4 is 11.1 Å². The highest BCUT2D eigenvalue weighted by molar-refractivity contribution is 9.10. The van der Waals surface area contributed by atoms with Crippen LogP contribution in [0.5, 0.6) is 0 Å². The number of hydrogen-bond acceptors (Lipinski definition) is 3. The Labute approximate surface area is 124 Å². The van der Waals surface area contributed by atoms with Gasteiger partial charge in [0.05, 0.1) is 15.9 Å². The molecular formula is C15H24BrN3. The molecule has 2 rings (SSSR count). The summed E-state index contributed by atoms with van der Waals surface area (Å²) in [4.78, 5) is 4.54. The molecule has 1 fully saturated rings. The van der Waals surface area contributed by atoms with E-state index >= 15 is 0 Å². The quantitative estimate of drug-likeness (QED) is 0.867. The van der Waals surface area contributed by atoms with E-state index in [0.29, 0.717) is 6.04 Å². The van der Waals surface area contributed by atoms with E-state index in [1.807, 2.05) is 13.0 Å². The summed E-state index contributed by atoms with van der Waals surface area (Å²) in [6.45, 7) is 6.61. The van der Waals surface area contributed by atoms with E-state index in [0.717, 1.165) is 33.5 Å². The van der Waals surface area contributed by atoms with Crippen LogP contribution in [0, 0.1) is 18.8 Å². The van der Waals surface area contributed by atoms with Crippen LogP contribution in [-0.4, -0.2) is 11.0 Å². The van der Waals surface area contributed by atoms with Crippen molar-refractivity contribution in [3.05, 3.63) is 16.2 Å². The van der Waals surface area contributed by atoms with Gasteiger partial charge in [-0.05, 0) is 66.4 Å². The van der Waals surface area contributed by atoms with Gasteiger partial charge in [-0.15, -0.1) is 0 Å². The van der Waals surface area contributed by atoms with Crippen LogP contribution in [0.1, 0.15) is 45.2 Å². The van der Waals surface area contributed by atoms with Gasteiger partial charge in [-0.25, -0.2) is 4.98 Å². The fraction of sp³-hybridized carbons (Fsp3) is 0.667. The maximum atomic E-state index is 5.85. The van der Waals surface area contributed by atoms with E-state index in [1.165, 1.54) is 25.7 Å². The van der Waals surface area contributed by atoms with Crippen molar-refractivity contribution in [3.63, 3.8) is 0 Å². The van der Waals surface area contributed by atoms with Crippen molar-refractivity contribution < 1.29 is 0 Å². The van der Waals surface area contributed by atoms with Crippen molar-refractivity contribution in [1.82, 2.24) is 4.98 Å². The summed E-state index contributed by atoms with van der Waals surface area (Å²) in [6.07, 6.45) is 5.11. The second kappa shape index (κ2) is 6.12. The number of pyridine rings is 1. The van der Waals surface area contributed by atoms with Gasteiger partial charge in [-0.1, -0.05) is 13.8 Å². The molecule has 0 spiro atoms. The highest BCUT2D eigenvalue weighted by Crippen LogP contribution is 2.32. The van der Waals surface area contributed by atoms with Crippen molar-refractivity contribution in [2.24, 2.45) is 11.8 Å². The molecule has 106 valence electrons. The number of aromatic nitrogens is 1. The van der Waals surface area contributed by atoms with Gasteiger partial charge in [0.2, 0.25) is 0 Å². The first-order valence-electron chi connectivity index (χ1n) is 7.16. The zero-order valence-electron chi connectivity index (χ0n) is 12.0. The third-order valence-electron chi connectivity index (χ3n) is 4.26. The molecule has 1 aliphatic rings. The Balaban J connectivity index is 1.98. The molecule has 0 unspecified atom stereocenters. The number of anilines is 2. The maximum absolute atomic E-state index is 5.85. The van der Waals surface area contributed by atoms with Crippen LogP contribution in [0.15, 0.2) is 10.5 Å². The Bertz CT molecular complexity index is 437. The first-order chi connectivity index (χ1) is 8.97. The number of nitrogen functional groups attached to an aromatic ring is 1. The van der Waals surface area contributed by atoms with Crippen LogP contribution in [0.25, 0.3) is 0 Å². The highest BCUT2D eigenvalue weighted by Gasteiger charge is 2.23. The molecule has 1 saturated carbocycles. The molecule has 3 nitrogen and oxygen atoms in total. The Hall–Kier alpha value is -0.770. The van der Waals surface area contributed by atoms with Crippen LogP contribution in [0.4, 0.5) is 11.5 Å². The minimum absolute atomic E-state index is 0.543. The van der Waals surface area contributed by atoms with Gasteiger partial charge in [0.1, 0.15) is 5.82 Å². The molecule has 19 heavy (non-hydrogen) atoms. The molecule has 0 saturated heterocycles. The first kappa shape index (κ1) is 14.6. The van der Waals surface area contributed by atoms with Crippen LogP contribution in [0.3, 0.4) is 0 Å². The molecule has 0 bridgehead atoms. The van der Waals surface area contributed by atoms with Crippen molar-refractivity contribution >= 4 is 27.4 Å². The highest BCUT2D eigenvalue weighted by atomic mass is 79.9. The summed E-state index contributed by atoms with van der Waals surface area (Å²) in [6, 6.07) is 2.48. The summed E-state index contributed by atoms with van der Waals surface area (Å²) < 4.78 is 0.960. The molecule has 1 aromatic heterocycles. The molecule has 0 atom stereocenters. The fourth-order valence-electron chi connectivity index (χ4n) is 2.82. The monoisotopic (exact) mass is 325 g/mol. The minimum atomic E-state index is 0.543. The maximum Gasteiger partial charge on any atom is 0.140 e. The molecular weight excluding hydrogens is 302 g/mol. The topological polar surface area (TPSA) is 50.9 Å². The minimum Gasteiger partial charge on any atom is -0.397 e. The summed E-state index contributed by atoms with van der Waals surface area (Å²) in [5.41, 5.74) is 7.48. The van der Waals surface area contributed by atoms with Gasteiger partial charge in [-0.3, -0.25) is 0 Å². The van der Waals surface area contributed by atoms with Crippen LogP contribution >= 0.6 is 15.9 Å². The van der Waals surface area contributed by atoms with Gasteiger partial charge >= 0.3 is 0 Å². The number of aryl methyl sites for hydroxylation is 1. The molecule has 1 aliphatic carbocycles. The van der Waals surface area contributed by atoms with E-state index in [-0.39, 0.29) is 0 Å². The van der Waals surface area contributed by atoms with E-state index in [2.05, 4.69) is 40.1 Å². The lowest BCUT2D eigenvalue weighted by molar-refractivity contribution is 0.266. The van der Waals surface area contributed by atoms with Crippen LogP contribution in [-0.2, 0) is 0 Å². The average Bonchev–Trinajstić information content (AvgIpc) is 2.36. The summed E-state index contributed by atoms with van der Waals surface area (Å²) in [5.74, 6) is 2.63. The van der Waals surface area contributed by atoms with Crippen molar-refractivity contribution in [1.29, 1.82) is 0 Å². The van der Waals surface area contributed by atoms with Gasteiger partial charge in [0.25, 0.3) is 0 Å². The predicted molar refractivity (Wildman–Crippen MR) is 85.3 cm³/mol. The lowest BCUT2D eigenvalue weighted by Crippen LogP contribution is -2.28. The number of nitrogens with zero attached hydrogens (tertiary/aromatic N) is 1. The first-order valence-corrected chi connectivity index (χ1v) is 7.95. The van der Waals surface area contributed by atoms with Crippen molar-refractivity contribution in [2.75, 3.05) is 11.1 Å². The van der Waals surface area contributed by atoms with E-state index < -0.39 is 0 Å². The van der Waals surface area contributed by atoms with Gasteiger partial charge in [-0.2, -0.15) is 0 Å². The second-order valence-electron chi connectivity index (χ2n) is 5.99. The second-order valence-corrected chi connectivity index (χ2v) is 6.85. The summed E-state index contributed by atoms with van der Waals surface area (Å²) >= 11 is 3.54. The Morgan fingerprint density at radius 3 is 2.53 bits per heavy atom. The largest absolute Gasteiger partial charge is 0.397 e. The molecule has 1 heterocycles. The average molecular weight is 326 g/mol. The Kier molecular flexibility index (Phi) is 4.71.